The van der Waals surface area contributed by atoms with Gasteiger partial charge < -0.3 is 19.1 Å². The molecule has 2 rings (SSSR count). The topological polar surface area (TPSA) is 85.9 Å². The molecule has 0 amide bonds. The Morgan fingerprint density at radius 1 is 1.67 bits per heavy atom. The summed E-state index contributed by atoms with van der Waals surface area (Å²) >= 11 is 0. The summed E-state index contributed by atoms with van der Waals surface area (Å²) in [6.07, 6.45) is 5.36. The molecule has 2 heterocycles. The van der Waals surface area contributed by atoms with Gasteiger partial charge in [0.2, 0.25) is 0 Å². The molecule has 100 valence electrons. The summed E-state index contributed by atoms with van der Waals surface area (Å²) < 4.78 is 12.6. The average Bonchev–Trinajstić information content (AvgIpc) is 2.86. The fourth-order valence-corrected chi connectivity index (χ4v) is 1.94. The number of aliphatic hydroxyl groups excluding tert-OH is 1. The van der Waals surface area contributed by atoms with Gasteiger partial charge in [-0.05, 0) is 19.3 Å². The molecular formula is C11H17N3O4. The van der Waals surface area contributed by atoms with Crippen LogP contribution in [0.2, 0.25) is 0 Å². The summed E-state index contributed by atoms with van der Waals surface area (Å²) in [5.41, 5.74) is 0. The Morgan fingerprint density at radius 2 is 2.56 bits per heavy atom. The molecule has 0 bridgehead atoms. The Bertz CT molecular complexity index is 376. The minimum Gasteiger partial charge on any atom is -0.394 e. The lowest BCUT2D eigenvalue weighted by molar-refractivity contribution is -0.197. The van der Waals surface area contributed by atoms with Gasteiger partial charge >= 0.3 is 0 Å². The lowest BCUT2D eigenvalue weighted by atomic mass is 10.2. The highest BCUT2D eigenvalue weighted by Gasteiger charge is 2.20. The molecule has 0 radical (unpaired) electrons. The summed E-state index contributed by atoms with van der Waals surface area (Å²) in [5, 5.41) is 12.1. The average molecular weight is 255 g/mol. The number of aliphatic hydroxyl groups is 1. The quantitative estimate of drug-likeness (QED) is 0.771. The van der Waals surface area contributed by atoms with Gasteiger partial charge in [0, 0.05) is 24.2 Å². The van der Waals surface area contributed by atoms with E-state index >= 15 is 0 Å². The van der Waals surface area contributed by atoms with Crippen LogP contribution < -0.4 is 0 Å². The third kappa shape index (κ3) is 3.34. The standard InChI is InChI=1S/C11H17N3O4/c15-8-9(18-10-3-1-2-6-17-10)7-14-5-4-12-11(14)13-16/h4-5,9-10,15H,1-3,6-8H2. The highest BCUT2D eigenvalue weighted by Crippen LogP contribution is 2.17. The van der Waals surface area contributed by atoms with Crippen LogP contribution in [0.25, 0.3) is 0 Å². The molecule has 7 heteroatoms. The number of ether oxygens (including phenoxy) is 2. The Hall–Kier alpha value is -1.31. The van der Waals surface area contributed by atoms with E-state index in [9.17, 15) is 10.0 Å². The van der Waals surface area contributed by atoms with Crippen LogP contribution in [0.5, 0.6) is 0 Å². The number of hydrogen-bond donors (Lipinski definition) is 1. The molecule has 1 aliphatic rings. The van der Waals surface area contributed by atoms with Crippen LogP contribution in [-0.2, 0) is 16.0 Å². The second-order valence-electron chi connectivity index (χ2n) is 4.21. The second-order valence-corrected chi connectivity index (χ2v) is 4.21. The highest BCUT2D eigenvalue weighted by molar-refractivity contribution is 5.15. The van der Waals surface area contributed by atoms with Gasteiger partial charge in [-0.1, -0.05) is 0 Å². The smallest absolute Gasteiger partial charge is 0.271 e. The van der Waals surface area contributed by atoms with Crippen molar-refractivity contribution in [1.29, 1.82) is 0 Å². The molecule has 0 aliphatic carbocycles. The largest absolute Gasteiger partial charge is 0.394 e. The number of rotatable bonds is 6. The number of nitrogens with zero attached hydrogens (tertiary/aromatic N) is 3. The molecule has 7 nitrogen and oxygen atoms in total. The first kappa shape index (κ1) is 13.1. The molecule has 1 aromatic rings. The second kappa shape index (κ2) is 6.58. The Kier molecular flexibility index (Phi) is 4.80. The Labute approximate surface area is 105 Å². The summed E-state index contributed by atoms with van der Waals surface area (Å²) in [6, 6.07) is 0. The van der Waals surface area contributed by atoms with E-state index in [4.69, 9.17) is 9.47 Å². The predicted octanol–water partition coefficient (Wildman–Crippen LogP) is 1.19. The normalized spacial score (nSPS) is 21.7. The van der Waals surface area contributed by atoms with Crippen molar-refractivity contribution in [3.63, 3.8) is 0 Å². The summed E-state index contributed by atoms with van der Waals surface area (Å²) in [6.45, 7) is 0.878. The zero-order valence-electron chi connectivity index (χ0n) is 10.1. The summed E-state index contributed by atoms with van der Waals surface area (Å²) in [4.78, 5) is 14.3. The maximum Gasteiger partial charge on any atom is 0.271 e. The van der Waals surface area contributed by atoms with E-state index in [2.05, 4.69) is 10.2 Å². The van der Waals surface area contributed by atoms with Gasteiger partial charge in [0.25, 0.3) is 5.95 Å². The third-order valence-corrected chi connectivity index (χ3v) is 2.86. The highest BCUT2D eigenvalue weighted by atomic mass is 16.7. The molecule has 0 spiro atoms. The van der Waals surface area contributed by atoms with Gasteiger partial charge in [0.1, 0.15) is 6.10 Å². The monoisotopic (exact) mass is 255 g/mol. The van der Waals surface area contributed by atoms with Crippen molar-refractivity contribution in [2.45, 2.75) is 38.2 Å². The molecule has 0 aromatic carbocycles. The van der Waals surface area contributed by atoms with E-state index in [1.165, 1.54) is 6.20 Å². The van der Waals surface area contributed by atoms with Crippen molar-refractivity contribution in [3.05, 3.63) is 17.3 Å². The van der Waals surface area contributed by atoms with Crippen LogP contribution in [0.3, 0.4) is 0 Å². The first-order chi connectivity index (χ1) is 8.83. The van der Waals surface area contributed by atoms with E-state index in [-0.39, 0.29) is 18.8 Å². The molecule has 1 N–H and O–H groups in total. The maximum atomic E-state index is 10.5. The van der Waals surface area contributed by atoms with Crippen molar-refractivity contribution in [3.8, 4) is 0 Å². The first-order valence-electron chi connectivity index (χ1n) is 6.06. The molecule has 18 heavy (non-hydrogen) atoms. The molecule has 1 fully saturated rings. The van der Waals surface area contributed by atoms with Gasteiger partial charge in [0.05, 0.1) is 13.2 Å². The molecule has 1 aromatic heterocycles. The first-order valence-corrected chi connectivity index (χ1v) is 6.06. The molecule has 0 saturated carbocycles. The third-order valence-electron chi connectivity index (χ3n) is 2.86. The number of hydrogen-bond acceptors (Lipinski definition) is 6. The molecular weight excluding hydrogens is 238 g/mol. The van der Waals surface area contributed by atoms with Gasteiger partial charge in [-0.2, -0.15) is 0 Å². The fraction of sp³-hybridized carbons (Fsp3) is 0.727. The van der Waals surface area contributed by atoms with Crippen LogP contribution in [0.4, 0.5) is 5.95 Å². The van der Waals surface area contributed by atoms with Crippen LogP contribution in [0, 0.1) is 4.91 Å². The van der Waals surface area contributed by atoms with Crippen molar-refractivity contribution in [2.75, 3.05) is 13.2 Å². The van der Waals surface area contributed by atoms with Crippen LogP contribution in [0.1, 0.15) is 19.3 Å². The van der Waals surface area contributed by atoms with E-state index in [1.54, 1.807) is 10.8 Å². The molecule has 1 aliphatic heterocycles. The minimum atomic E-state index is -0.428. The van der Waals surface area contributed by atoms with E-state index in [1.807, 2.05) is 0 Å². The Morgan fingerprint density at radius 3 is 3.22 bits per heavy atom. The fourth-order valence-electron chi connectivity index (χ4n) is 1.94. The SMILES string of the molecule is O=Nc1nccn1CC(CO)OC1CCCCO1. The van der Waals surface area contributed by atoms with Crippen molar-refractivity contribution in [1.82, 2.24) is 9.55 Å². The van der Waals surface area contributed by atoms with Crippen molar-refractivity contribution in [2.24, 2.45) is 5.18 Å². The van der Waals surface area contributed by atoms with Gasteiger partial charge in [0.15, 0.2) is 6.29 Å². The van der Waals surface area contributed by atoms with Crippen LogP contribution >= 0.6 is 0 Å². The minimum absolute atomic E-state index is 0.0848. The van der Waals surface area contributed by atoms with Crippen molar-refractivity contribution < 1.29 is 14.6 Å². The van der Waals surface area contributed by atoms with Gasteiger partial charge in [-0.3, -0.25) is 0 Å². The lowest BCUT2D eigenvalue weighted by Crippen LogP contribution is -2.32. The maximum absolute atomic E-state index is 10.5. The summed E-state index contributed by atoms with van der Waals surface area (Å²) in [5.74, 6) is 0.0848. The summed E-state index contributed by atoms with van der Waals surface area (Å²) in [7, 11) is 0. The van der Waals surface area contributed by atoms with E-state index in [0.29, 0.717) is 13.2 Å². The van der Waals surface area contributed by atoms with Gasteiger partial charge in [-0.25, -0.2) is 4.98 Å². The number of aromatic nitrogens is 2. The number of nitroso groups, excluding NO2 is 1. The Balaban J connectivity index is 1.90. The zero-order valence-corrected chi connectivity index (χ0v) is 10.1. The zero-order chi connectivity index (χ0) is 12.8. The van der Waals surface area contributed by atoms with Crippen LogP contribution in [-0.4, -0.2) is 40.3 Å². The van der Waals surface area contributed by atoms with Gasteiger partial charge in [-0.15, -0.1) is 4.91 Å². The van der Waals surface area contributed by atoms with E-state index < -0.39 is 6.10 Å². The van der Waals surface area contributed by atoms with E-state index in [0.717, 1.165) is 19.3 Å². The van der Waals surface area contributed by atoms with Crippen LogP contribution in [0.15, 0.2) is 17.6 Å². The lowest BCUT2D eigenvalue weighted by Gasteiger charge is -2.27. The molecule has 2 unspecified atom stereocenters. The predicted molar refractivity (Wildman–Crippen MR) is 63.2 cm³/mol. The molecule has 2 atom stereocenters. The van der Waals surface area contributed by atoms with Crippen molar-refractivity contribution >= 4 is 5.95 Å². The molecule has 1 saturated heterocycles. The number of imidazole rings is 1.